The lowest BCUT2D eigenvalue weighted by atomic mass is 10.1. The minimum absolute atomic E-state index is 0.141. The van der Waals surface area contributed by atoms with Crippen molar-refractivity contribution >= 4 is 44.7 Å². The number of nitrogen functional groups attached to an aromatic ring is 1. The third kappa shape index (κ3) is 3.91. The topological polar surface area (TPSA) is 90.1 Å². The maximum atomic E-state index is 12.4. The van der Waals surface area contributed by atoms with Crippen molar-refractivity contribution in [3.05, 3.63) is 45.6 Å². The smallest absolute Gasteiger partial charge is 0.263 e. The number of carbonyl (C=O) groups excluding carboxylic acids is 1. The molecule has 1 saturated carbocycles. The largest absolute Gasteiger partial charge is 0.477 e. The van der Waals surface area contributed by atoms with Gasteiger partial charge in [0.05, 0.1) is 12.3 Å². The number of halogens is 1. The number of anilines is 1. The quantitative estimate of drug-likeness (QED) is 0.565. The summed E-state index contributed by atoms with van der Waals surface area (Å²) in [6, 6.07) is 4.23. The van der Waals surface area contributed by atoms with E-state index >= 15 is 0 Å². The fourth-order valence-corrected chi connectivity index (χ4v) is 4.26. The van der Waals surface area contributed by atoms with Crippen LogP contribution < -0.4 is 15.8 Å². The van der Waals surface area contributed by atoms with Crippen molar-refractivity contribution in [1.82, 2.24) is 15.3 Å². The second-order valence-electron chi connectivity index (χ2n) is 6.94. The molecule has 28 heavy (non-hydrogen) atoms. The van der Waals surface area contributed by atoms with Crippen LogP contribution in [0.2, 0.25) is 5.02 Å². The Kier molecular flexibility index (Phi) is 5.37. The fraction of sp³-hybridized carbons (Fsp3) is 0.350. The van der Waals surface area contributed by atoms with Crippen molar-refractivity contribution in [3.63, 3.8) is 0 Å². The maximum Gasteiger partial charge on any atom is 0.263 e. The van der Waals surface area contributed by atoms with Crippen molar-refractivity contribution in [1.29, 1.82) is 0 Å². The highest BCUT2D eigenvalue weighted by molar-refractivity contribution is 7.21. The first-order valence-electron chi connectivity index (χ1n) is 9.25. The van der Waals surface area contributed by atoms with Gasteiger partial charge in [-0.2, -0.15) is 0 Å². The number of hydrogen-bond donors (Lipinski definition) is 2. The molecule has 1 aliphatic carbocycles. The summed E-state index contributed by atoms with van der Waals surface area (Å²) in [7, 11) is 0. The Morgan fingerprint density at radius 3 is 3.00 bits per heavy atom. The van der Waals surface area contributed by atoms with Gasteiger partial charge in [0.25, 0.3) is 5.91 Å². The van der Waals surface area contributed by atoms with Gasteiger partial charge in [0.1, 0.15) is 14.7 Å². The van der Waals surface area contributed by atoms with Crippen LogP contribution >= 0.6 is 22.9 Å². The molecule has 0 spiro atoms. The van der Waals surface area contributed by atoms with Crippen molar-refractivity contribution in [2.75, 3.05) is 12.3 Å². The summed E-state index contributed by atoms with van der Waals surface area (Å²) < 4.78 is 5.83. The van der Waals surface area contributed by atoms with Crippen molar-refractivity contribution < 1.29 is 9.53 Å². The molecule has 0 aromatic carbocycles. The monoisotopic (exact) mass is 416 g/mol. The minimum Gasteiger partial charge on any atom is -0.477 e. The zero-order valence-electron chi connectivity index (χ0n) is 15.5. The number of hydrogen-bond acceptors (Lipinski definition) is 6. The van der Waals surface area contributed by atoms with Gasteiger partial charge in [-0.25, -0.2) is 4.98 Å². The number of rotatable bonds is 7. The Morgan fingerprint density at radius 2 is 2.29 bits per heavy atom. The number of ether oxygens (including phenoxy) is 1. The molecule has 4 rings (SSSR count). The number of amides is 1. The number of thiophene rings is 1. The first kappa shape index (κ1) is 19.0. The van der Waals surface area contributed by atoms with Crippen LogP contribution in [0.25, 0.3) is 10.2 Å². The molecule has 3 aromatic heterocycles. The number of aryl methyl sites for hydroxylation is 2. The van der Waals surface area contributed by atoms with E-state index in [1.807, 2.05) is 25.3 Å². The summed E-state index contributed by atoms with van der Waals surface area (Å²) in [6.07, 6.45) is 7.34. The first-order valence-corrected chi connectivity index (χ1v) is 10.4. The van der Waals surface area contributed by atoms with E-state index in [0.29, 0.717) is 32.9 Å². The van der Waals surface area contributed by atoms with Crippen LogP contribution in [0.5, 0.6) is 5.88 Å². The molecule has 1 amide bonds. The van der Waals surface area contributed by atoms with Gasteiger partial charge < -0.3 is 15.8 Å². The number of pyridine rings is 2. The van der Waals surface area contributed by atoms with Gasteiger partial charge in [0, 0.05) is 23.8 Å². The number of nitrogens with two attached hydrogens (primary N) is 1. The Morgan fingerprint density at radius 1 is 1.46 bits per heavy atom. The van der Waals surface area contributed by atoms with Crippen molar-refractivity contribution in [2.45, 2.75) is 38.6 Å². The van der Waals surface area contributed by atoms with Crippen LogP contribution in [-0.2, 0) is 6.42 Å². The zero-order valence-corrected chi connectivity index (χ0v) is 17.1. The number of fused-ring (bicyclic) bond motifs is 1. The minimum atomic E-state index is -0.141. The molecule has 0 radical (unpaired) electrons. The summed E-state index contributed by atoms with van der Waals surface area (Å²) in [4.78, 5) is 22.2. The Labute approximate surface area is 172 Å². The molecule has 6 nitrogen and oxygen atoms in total. The van der Waals surface area contributed by atoms with Crippen LogP contribution in [0.3, 0.4) is 0 Å². The highest BCUT2D eigenvalue weighted by Crippen LogP contribution is 2.41. The summed E-state index contributed by atoms with van der Waals surface area (Å²) in [5.41, 5.74) is 8.63. The van der Waals surface area contributed by atoms with Crippen LogP contribution in [-0.4, -0.2) is 28.5 Å². The molecule has 0 bridgehead atoms. The van der Waals surface area contributed by atoms with Gasteiger partial charge >= 0.3 is 0 Å². The lowest BCUT2D eigenvalue weighted by Gasteiger charge is -2.10. The molecular formula is C20H21ClN4O2S. The zero-order chi connectivity index (χ0) is 19.7. The van der Waals surface area contributed by atoms with E-state index in [4.69, 9.17) is 22.1 Å². The summed E-state index contributed by atoms with van der Waals surface area (Å²) >= 11 is 7.75. The van der Waals surface area contributed by atoms with Gasteiger partial charge in [-0.15, -0.1) is 11.3 Å². The van der Waals surface area contributed by atoms with E-state index < -0.39 is 0 Å². The second-order valence-corrected chi connectivity index (χ2v) is 8.32. The Balaban J connectivity index is 1.50. The van der Waals surface area contributed by atoms with E-state index in [2.05, 4.69) is 15.3 Å². The van der Waals surface area contributed by atoms with E-state index in [9.17, 15) is 4.79 Å². The summed E-state index contributed by atoms with van der Waals surface area (Å²) in [5.74, 6) is 0.241. The van der Waals surface area contributed by atoms with Crippen LogP contribution in [0.4, 0.5) is 5.69 Å². The standard InChI is InChI=1S/C20H21ClN4O2S/c1-11-14-16(22)17(18(26)24-13-6-7-13)28-20(14)25-19(15(11)21)27-9-3-5-12-4-2-8-23-10-12/h2,4,8,10,13H,3,5-7,9,22H2,1H3,(H,24,26). The van der Waals surface area contributed by atoms with E-state index in [1.165, 1.54) is 11.3 Å². The van der Waals surface area contributed by atoms with Gasteiger partial charge in [0.15, 0.2) is 0 Å². The number of nitrogens with zero attached hydrogens (tertiary/aromatic N) is 2. The molecular weight excluding hydrogens is 396 g/mol. The second kappa shape index (κ2) is 7.93. The first-order chi connectivity index (χ1) is 13.5. The van der Waals surface area contributed by atoms with Gasteiger partial charge in [0.2, 0.25) is 5.88 Å². The Hall–Kier alpha value is -2.38. The molecule has 0 atom stereocenters. The molecule has 0 aliphatic heterocycles. The van der Waals surface area contributed by atoms with Gasteiger partial charge in [-0.05, 0) is 49.8 Å². The fourth-order valence-electron chi connectivity index (χ4n) is 3.02. The summed E-state index contributed by atoms with van der Waals surface area (Å²) in [6.45, 7) is 2.36. The predicted molar refractivity (Wildman–Crippen MR) is 112 cm³/mol. The third-order valence-electron chi connectivity index (χ3n) is 4.71. The Bertz CT molecular complexity index is 1020. The average Bonchev–Trinajstić information content (AvgIpc) is 3.44. The van der Waals surface area contributed by atoms with Crippen LogP contribution in [0.1, 0.15) is 40.1 Å². The molecule has 3 aromatic rings. The lowest BCUT2D eigenvalue weighted by Crippen LogP contribution is -2.25. The molecule has 3 heterocycles. The van der Waals surface area contributed by atoms with E-state index in [1.54, 1.807) is 6.20 Å². The average molecular weight is 417 g/mol. The van der Waals surface area contributed by atoms with Gasteiger partial charge in [-0.3, -0.25) is 9.78 Å². The predicted octanol–water partition coefficient (Wildman–Crippen LogP) is 4.14. The molecule has 0 unspecified atom stereocenters. The molecule has 8 heteroatoms. The lowest BCUT2D eigenvalue weighted by molar-refractivity contribution is 0.0956. The number of aromatic nitrogens is 2. The molecule has 0 saturated heterocycles. The number of nitrogens with one attached hydrogen (secondary N) is 1. The molecule has 3 N–H and O–H groups in total. The van der Waals surface area contributed by atoms with Crippen LogP contribution in [0.15, 0.2) is 24.5 Å². The maximum absolute atomic E-state index is 12.4. The third-order valence-corrected chi connectivity index (χ3v) is 6.26. The SMILES string of the molecule is Cc1c(Cl)c(OCCCc2cccnc2)nc2sc(C(=O)NC3CC3)c(N)c12. The molecule has 1 fully saturated rings. The molecule has 1 aliphatic rings. The van der Waals surface area contributed by atoms with Gasteiger partial charge in [-0.1, -0.05) is 17.7 Å². The van der Waals surface area contributed by atoms with E-state index in [-0.39, 0.29) is 11.9 Å². The van der Waals surface area contributed by atoms with Crippen LogP contribution in [0, 0.1) is 6.92 Å². The van der Waals surface area contributed by atoms with Crippen molar-refractivity contribution in [3.8, 4) is 5.88 Å². The highest BCUT2D eigenvalue weighted by Gasteiger charge is 2.27. The van der Waals surface area contributed by atoms with Crippen molar-refractivity contribution in [2.24, 2.45) is 0 Å². The summed E-state index contributed by atoms with van der Waals surface area (Å²) in [5, 5.41) is 4.14. The van der Waals surface area contributed by atoms with E-state index in [0.717, 1.165) is 42.2 Å². The number of carbonyl (C=O) groups is 1. The normalized spacial score (nSPS) is 13.6. The molecule has 146 valence electrons. The highest BCUT2D eigenvalue weighted by atomic mass is 35.5.